The lowest BCUT2D eigenvalue weighted by Crippen LogP contribution is -2.29. The molecule has 0 aromatic heterocycles. The third kappa shape index (κ3) is 3.42. The Morgan fingerprint density at radius 2 is 2.05 bits per heavy atom. The Morgan fingerprint density at radius 1 is 1.40 bits per heavy atom. The molecule has 110 valence electrons. The van der Waals surface area contributed by atoms with E-state index in [1.54, 1.807) is 19.2 Å². The van der Waals surface area contributed by atoms with Gasteiger partial charge in [0.15, 0.2) is 0 Å². The molecule has 5 nitrogen and oxygen atoms in total. The molecule has 1 heterocycles. The van der Waals surface area contributed by atoms with E-state index < -0.39 is 12.2 Å². The van der Waals surface area contributed by atoms with Gasteiger partial charge in [-0.2, -0.15) is 0 Å². The molecule has 0 aliphatic carbocycles. The summed E-state index contributed by atoms with van der Waals surface area (Å²) >= 11 is 6.02. The first-order valence-electron chi connectivity index (χ1n) is 6.47. The van der Waals surface area contributed by atoms with Crippen molar-refractivity contribution in [2.24, 2.45) is 0 Å². The second kappa shape index (κ2) is 6.43. The van der Waals surface area contributed by atoms with Crippen molar-refractivity contribution in [3.05, 3.63) is 28.8 Å². The van der Waals surface area contributed by atoms with E-state index in [0.717, 1.165) is 5.56 Å². The summed E-state index contributed by atoms with van der Waals surface area (Å²) in [5, 5.41) is 19.4. The first-order valence-corrected chi connectivity index (χ1v) is 6.85. The fourth-order valence-corrected chi connectivity index (χ4v) is 2.53. The van der Waals surface area contributed by atoms with Crippen LogP contribution in [0.15, 0.2) is 18.2 Å². The predicted octanol–water partition coefficient (Wildman–Crippen LogP) is 0.845. The van der Waals surface area contributed by atoms with Gasteiger partial charge in [0, 0.05) is 19.5 Å². The zero-order chi connectivity index (χ0) is 14.7. The van der Waals surface area contributed by atoms with Crippen molar-refractivity contribution < 1.29 is 19.7 Å². The average molecular weight is 300 g/mol. The number of amides is 1. The molecule has 0 unspecified atom stereocenters. The van der Waals surface area contributed by atoms with Crippen molar-refractivity contribution in [1.29, 1.82) is 0 Å². The Morgan fingerprint density at radius 3 is 2.60 bits per heavy atom. The third-order valence-corrected chi connectivity index (χ3v) is 3.75. The van der Waals surface area contributed by atoms with Gasteiger partial charge >= 0.3 is 0 Å². The zero-order valence-corrected chi connectivity index (χ0v) is 12.0. The van der Waals surface area contributed by atoms with E-state index in [0.29, 0.717) is 23.6 Å². The van der Waals surface area contributed by atoms with Crippen molar-refractivity contribution in [1.82, 2.24) is 4.90 Å². The summed E-state index contributed by atoms with van der Waals surface area (Å²) in [6, 6.07) is 5.42. The molecule has 0 spiro atoms. The van der Waals surface area contributed by atoms with Crippen molar-refractivity contribution in [3.63, 3.8) is 0 Å². The molecular weight excluding hydrogens is 282 g/mol. The molecule has 2 N–H and O–H groups in total. The summed E-state index contributed by atoms with van der Waals surface area (Å²) in [5.74, 6) is 0.528. The summed E-state index contributed by atoms with van der Waals surface area (Å²) < 4.78 is 5.07. The van der Waals surface area contributed by atoms with Crippen molar-refractivity contribution in [2.75, 3.05) is 20.2 Å². The summed E-state index contributed by atoms with van der Waals surface area (Å²) in [4.78, 5) is 13.5. The first-order chi connectivity index (χ1) is 9.51. The number of aryl methyl sites for hydroxylation is 1. The van der Waals surface area contributed by atoms with Crippen LogP contribution in [-0.4, -0.2) is 53.4 Å². The van der Waals surface area contributed by atoms with Crippen LogP contribution in [0.4, 0.5) is 0 Å². The number of methoxy groups -OCH3 is 1. The fourth-order valence-electron chi connectivity index (χ4n) is 2.25. The second-order valence-electron chi connectivity index (χ2n) is 4.90. The number of likely N-dealkylation sites (tertiary alicyclic amines) is 1. The van der Waals surface area contributed by atoms with Crippen LogP contribution >= 0.6 is 11.6 Å². The Balaban J connectivity index is 1.89. The number of halogens is 1. The number of carbonyl (C=O) groups excluding carboxylic acids is 1. The monoisotopic (exact) mass is 299 g/mol. The van der Waals surface area contributed by atoms with Crippen LogP contribution in [-0.2, 0) is 11.2 Å². The Kier molecular flexibility index (Phi) is 4.86. The summed E-state index contributed by atoms with van der Waals surface area (Å²) in [5.41, 5.74) is 0.949. The molecule has 1 aliphatic heterocycles. The zero-order valence-electron chi connectivity index (χ0n) is 11.3. The highest BCUT2D eigenvalue weighted by molar-refractivity contribution is 6.32. The number of hydrogen-bond acceptors (Lipinski definition) is 4. The minimum atomic E-state index is -0.839. The molecule has 1 aromatic rings. The normalized spacial score (nSPS) is 22.1. The van der Waals surface area contributed by atoms with Crippen LogP contribution in [0.5, 0.6) is 5.75 Å². The maximum absolute atomic E-state index is 12.0. The highest BCUT2D eigenvalue weighted by atomic mass is 35.5. The molecule has 1 aromatic carbocycles. The van der Waals surface area contributed by atoms with Gasteiger partial charge in [-0.1, -0.05) is 17.7 Å². The second-order valence-corrected chi connectivity index (χ2v) is 5.31. The van der Waals surface area contributed by atoms with E-state index in [2.05, 4.69) is 0 Å². The van der Waals surface area contributed by atoms with Crippen LogP contribution in [0.2, 0.25) is 5.02 Å². The number of carbonyl (C=O) groups is 1. The van der Waals surface area contributed by atoms with Gasteiger partial charge in [0.25, 0.3) is 0 Å². The minimum absolute atomic E-state index is 0.0764. The standard InChI is InChI=1S/C14H18ClNO4/c1-20-13-4-2-9(6-10(13)15)3-5-14(19)16-7-11(17)12(18)8-16/h2,4,6,11-12,17-18H,3,5,7-8H2,1H3/t11-,12+. The van der Waals surface area contributed by atoms with Crippen LogP contribution in [0.25, 0.3) is 0 Å². The van der Waals surface area contributed by atoms with E-state index in [9.17, 15) is 15.0 Å². The van der Waals surface area contributed by atoms with Gasteiger partial charge in [-0.05, 0) is 24.1 Å². The molecule has 20 heavy (non-hydrogen) atoms. The molecule has 1 fully saturated rings. The third-order valence-electron chi connectivity index (χ3n) is 3.46. The number of aliphatic hydroxyl groups excluding tert-OH is 2. The number of nitrogens with zero attached hydrogens (tertiary/aromatic N) is 1. The minimum Gasteiger partial charge on any atom is -0.495 e. The van der Waals surface area contributed by atoms with E-state index >= 15 is 0 Å². The predicted molar refractivity (Wildman–Crippen MR) is 74.9 cm³/mol. The molecule has 1 saturated heterocycles. The van der Waals surface area contributed by atoms with Gasteiger partial charge in [-0.15, -0.1) is 0 Å². The van der Waals surface area contributed by atoms with Gasteiger partial charge in [-0.3, -0.25) is 4.79 Å². The van der Waals surface area contributed by atoms with Crippen molar-refractivity contribution >= 4 is 17.5 Å². The van der Waals surface area contributed by atoms with Gasteiger partial charge in [0.1, 0.15) is 5.75 Å². The number of β-amino-alcohol motifs (C(OH)–C–C–N with tert-alkyl or cyclic N) is 2. The fraction of sp³-hybridized carbons (Fsp3) is 0.500. The number of ether oxygens (including phenoxy) is 1. The lowest BCUT2D eigenvalue weighted by molar-refractivity contribution is -0.130. The highest BCUT2D eigenvalue weighted by Crippen LogP contribution is 2.25. The van der Waals surface area contributed by atoms with Gasteiger partial charge < -0.3 is 19.8 Å². The van der Waals surface area contributed by atoms with Crippen molar-refractivity contribution in [2.45, 2.75) is 25.0 Å². The van der Waals surface area contributed by atoms with Crippen LogP contribution in [0.3, 0.4) is 0 Å². The maximum Gasteiger partial charge on any atom is 0.223 e. The summed E-state index contributed by atoms with van der Waals surface area (Å²) in [7, 11) is 1.55. The number of rotatable bonds is 4. The van der Waals surface area contributed by atoms with Crippen LogP contribution < -0.4 is 4.74 Å². The molecule has 0 saturated carbocycles. The quantitative estimate of drug-likeness (QED) is 0.864. The first kappa shape index (κ1) is 15.1. The maximum atomic E-state index is 12.0. The molecule has 2 atom stereocenters. The van der Waals surface area contributed by atoms with E-state index in [1.165, 1.54) is 4.90 Å². The lowest BCUT2D eigenvalue weighted by Gasteiger charge is -2.15. The van der Waals surface area contributed by atoms with Gasteiger partial charge in [0.05, 0.1) is 24.3 Å². The number of aliphatic hydroxyl groups is 2. The molecule has 6 heteroatoms. The smallest absolute Gasteiger partial charge is 0.223 e. The summed E-state index contributed by atoms with van der Waals surface area (Å²) in [6.07, 6.45) is -0.795. The van der Waals surface area contributed by atoms with E-state index in [4.69, 9.17) is 16.3 Å². The largest absolute Gasteiger partial charge is 0.495 e. The molecule has 0 radical (unpaired) electrons. The van der Waals surface area contributed by atoms with Gasteiger partial charge in [0.2, 0.25) is 5.91 Å². The number of hydrogen-bond donors (Lipinski definition) is 2. The highest BCUT2D eigenvalue weighted by Gasteiger charge is 2.32. The average Bonchev–Trinajstić information content (AvgIpc) is 2.76. The SMILES string of the molecule is COc1ccc(CCC(=O)N2C[C@@H](O)[C@@H](O)C2)cc1Cl. The number of benzene rings is 1. The Hall–Kier alpha value is -1.30. The van der Waals surface area contributed by atoms with Gasteiger partial charge in [-0.25, -0.2) is 0 Å². The summed E-state index contributed by atoms with van der Waals surface area (Å²) in [6.45, 7) is 0.396. The Bertz CT molecular complexity index is 484. The molecule has 0 bridgehead atoms. The molecule has 2 rings (SSSR count). The lowest BCUT2D eigenvalue weighted by atomic mass is 10.1. The molecule has 1 amide bonds. The molecule has 1 aliphatic rings. The molecular formula is C14H18ClNO4. The van der Waals surface area contributed by atoms with Crippen LogP contribution in [0, 0.1) is 0 Å². The van der Waals surface area contributed by atoms with E-state index in [-0.39, 0.29) is 19.0 Å². The van der Waals surface area contributed by atoms with Crippen molar-refractivity contribution in [3.8, 4) is 5.75 Å². The van der Waals surface area contributed by atoms with E-state index in [1.807, 2.05) is 6.07 Å². The van der Waals surface area contributed by atoms with Crippen LogP contribution in [0.1, 0.15) is 12.0 Å². The topological polar surface area (TPSA) is 70.0 Å². The Labute approximate surface area is 122 Å².